The van der Waals surface area contributed by atoms with E-state index >= 15 is 0 Å². The van der Waals surface area contributed by atoms with Crippen LogP contribution in [0.1, 0.15) is 18.9 Å². The van der Waals surface area contributed by atoms with Gasteiger partial charge in [-0.05, 0) is 24.6 Å². The van der Waals surface area contributed by atoms with Crippen LogP contribution in [0.2, 0.25) is 0 Å². The van der Waals surface area contributed by atoms with Crippen LogP contribution >= 0.6 is 0 Å². The molecule has 3 nitrogen and oxygen atoms in total. The molecule has 0 aliphatic heterocycles. The SMILES string of the molecule is CCCOc1ccccc1CNc1cccc(OC)c1. The van der Waals surface area contributed by atoms with Crippen LogP contribution in [0.15, 0.2) is 48.5 Å². The number of nitrogens with one attached hydrogen (secondary N) is 1. The molecule has 3 heteroatoms. The highest BCUT2D eigenvalue weighted by Gasteiger charge is 2.03. The molecule has 1 N–H and O–H groups in total. The number of anilines is 1. The second kappa shape index (κ2) is 7.43. The Bertz CT molecular complexity index is 540. The van der Waals surface area contributed by atoms with E-state index in [4.69, 9.17) is 9.47 Å². The van der Waals surface area contributed by atoms with E-state index in [2.05, 4.69) is 18.3 Å². The van der Waals surface area contributed by atoms with Gasteiger partial charge in [0.05, 0.1) is 13.7 Å². The molecule has 0 atom stereocenters. The third-order valence-corrected chi connectivity index (χ3v) is 2.99. The minimum atomic E-state index is 0.729. The van der Waals surface area contributed by atoms with E-state index < -0.39 is 0 Å². The molecule has 20 heavy (non-hydrogen) atoms. The van der Waals surface area contributed by atoms with Crippen molar-refractivity contribution in [3.8, 4) is 11.5 Å². The van der Waals surface area contributed by atoms with Gasteiger partial charge in [-0.25, -0.2) is 0 Å². The summed E-state index contributed by atoms with van der Waals surface area (Å²) in [5, 5.41) is 3.39. The monoisotopic (exact) mass is 271 g/mol. The van der Waals surface area contributed by atoms with Gasteiger partial charge in [-0.2, -0.15) is 0 Å². The van der Waals surface area contributed by atoms with Gasteiger partial charge in [0.25, 0.3) is 0 Å². The van der Waals surface area contributed by atoms with Crippen molar-refractivity contribution >= 4 is 5.69 Å². The van der Waals surface area contributed by atoms with Crippen molar-refractivity contribution in [2.45, 2.75) is 19.9 Å². The lowest BCUT2D eigenvalue weighted by molar-refractivity contribution is 0.314. The van der Waals surface area contributed by atoms with Crippen LogP contribution in [0, 0.1) is 0 Å². The number of methoxy groups -OCH3 is 1. The molecule has 2 aromatic carbocycles. The summed E-state index contributed by atoms with van der Waals surface area (Å²) in [4.78, 5) is 0. The van der Waals surface area contributed by atoms with Crippen molar-refractivity contribution in [1.82, 2.24) is 0 Å². The van der Waals surface area contributed by atoms with Crippen molar-refractivity contribution in [2.24, 2.45) is 0 Å². The average molecular weight is 271 g/mol. The lowest BCUT2D eigenvalue weighted by Gasteiger charge is -2.12. The zero-order chi connectivity index (χ0) is 14.2. The van der Waals surface area contributed by atoms with Gasteiger partial charge in [0.2, 0.25) is 0 Å². The Hall–Kier alpha value is -2.16. The summed E-state index contributed by atoms with van der Waals surface area (Å²) in [6, 6.07) is 16.0. The molecule has 0 aliphatic rings. The average Bonchev–Trinajstić information content (AvgIpc) is 2.52. The number of hydrogen-bond acceptors (Lipinski definition) is 3. The quantitative estimate of drug-likeness (QED) is 0.822. The van der Waals surface area contributed by atoms with E-state index in [0.717, 1.165) is 42.3 Å². The summed E-state index contributed by atoms with van der Waals surface area (Å²) in [5.74, 6) is 1.80. The Morgan fingerprint density at radius 2 is 1.90 bits per heavy atom. The fraction of sp³-hybridized carbons (Fsp3) is 0.294. The van der Waals surface area contributed by atoms with E-state index in [1.807, 2.05) is 42.5 Å². The molecule has 0 heterocycles. The molecule has 0 radical (unpaired) electrons. The van der Waals surface area contributed by atoms with E-state index in [-0.39, 0.29) is 0 Å². The van der Waals surface area contributed by atoms with Gasteiger partial charge in [-0.3, -0.25) is 0 Å². The largest absolute Gasteiger partial charge is 0.497 e. The van der Waals surface area contributed by atoms with E-state index in [1.165, 1.54) is 0 Å². The molecule has 0 aliphatic carbocycles. The topological polar surface area (TPSA) is 30.5 Å². The van der Waals surface area contributed by atoms with Crippen LogP contribution in [0.5, 0.6) is 11.5 Å². The van der Waals surface area contributed by atoms with Gasteiger partial charge in [-0.15, -0.1) is 0 Å². The zero-order valence-corrected chi connectivity index (χ0v) is 12.1. The summed E-state index contributed by atoms with van der Waals surface area (Å²) in [6.45, 7) is 3.58. The summed E-state index contributed by atoms with van der Waals surface area (Å²) in [5.41, 5.74) is 2.19. The van der Waals surface area contributed by atoms with Crippen LogP contribution in [-0.4, -0.2) is 13.7 Å². The van der Waals surface area contributed by atoms with Crippen molar-refractivity contribution in [3.05, 3.63) is 54.1 Å². The Morgan fingerprint density at radius 3 is 2.70 bits per heavy atom. The molecule has 0 saturated carbocycles. The number of rotatable bonds is 7. The third kappa shape index (κ3) is 3.92. The zero-order valence-electron chi connectivity index (χ0n) is 12.1. The summed E-state index contributed by atoms with van der Waals surface area (Å²) in [7, 11) is 1.67. The van der Waals surface area contributed by atoms with Gasteiger partial charge in [0.15, 0.2) is 0 Å². The van der Waals surface area contributed by atoms with Crippen LogP contribution in [0.25, 0.3) is 0 Å². The first-order chi connectivity index (χ1) is 9.83. The lowest BCUT2D eigenvalue weighted by atomic mass is 10.2. The molecule has 0 bridgehead atoms. The van der Waals surface area contributed by atoms with Crippen molar-refractivity contribution in [1.29, 1.82) is 0 Å². The Balaban J connectivity index is 2.02. The van der Waals surface area contributed by atoms with Crippen LogP contribution < -0.4 is 14.8 Å². The number of hydrogen-bond donors (Lipinski definition) is 1. The van der Waals surface area contributed by atoms with Crippen molar-refractivity contribution < 1.29 is 9.47 Å². The van der Waals surface area contributed by atoms with Crippen molar-refractivity contribution in [2.75, 3.05) is 19.0 Å². The molecule has 0 fully saturated rings. The molecule has 106 valence electrons. The van der Waals surface area contributed by atoms with E-state index in [9.17, 15) is 0 Å². The lowest BCUT2D eigenvalue weighted by Crippen LogP contribution is -2.04. The Kier molecular flexibility index (Phi) is 5.30. The van der Waals surface area contributed by atoms with Gasteiger partial charge in [0.1, 0.15) is 11.5 Å². The molecular weight excluding hydrogens is 250 g/mol. The summed E-state index contributed by atoms with van der Waals surface area (Å²) >= 11 is 0. The van der Waals surface area contributed by atoms with Crippen LogP contribution in [0.3, 0.4) is 0 Å². The molecular formula is C17H21NO2. The molecule has 2 aromatic rings. The standard InChI is InChI=1S/C17H21NO2/c1-3-11-20-17-10-5-4-7-14(17)13-18-15-8-6-9-16(12-15)19-2/h4-10,12,18H,3,11,13H2,1-2H3. The normalized spacial score (nSPS) is 10.1. The summed E-state index contributed by atoms with van der Waals surface area (Å²) in [6.07, 6.45) is 1.01. The highest BCUT2D eigenvalue weighted by Crippen LogP contribution is 2.21. The Morgan fingerprint density at radius 1 is 1.05 bits per heavy atom. The molecule has 2 rings (SSSR count). The van der Waals surface area contributed by atoms with Gasteiger partial charge < -0.3 is 14.8 Å². The number of benzene rings is 2. The Labute approximate surface area is 120 Å². The highest BCUT2D eigenvalue weighted by molar-refractivity contribution is 5.49. The maximum Gasteiger partial charge on any atom is 0.124 e. The number of ether oxygens (including phenoxy) is 2. The van der Waals surface area contributed by atoms with Crippen molar-refractivity contribution in [3.63, 3.8) is 0 Å². The first-order valence-corrected chi connectivity index (χ1v) is 6.92. The summed E-state index contributed by atoms with van der Waals surface area (Å²) < 4.78 is 11.0. The van der Waals surface area contributed by atoms with Crippen LogP contribution in [-0.2, 0) is 6.54 Å². The van der Waals surface area contributed by atoms with Gasteiger partial charge >= 0.3 is 0 Å². The maximum atomic E-state index is 5.75. The molecule has 0 aromatic heterocycles. The first kappa shape index (κ1) is 14.3. The maximum absolute atomic E-state index is 5.75. The molecule has 0 unspecified atom stereocenters. The predicted octanol–water partition coefficient (Wildman–Crippen LogP) is 4.10. The van der Waals surface area contributed by atoms with E-state index in [1.54, 1.807) is 7.11 Å². The second-order valence-corrected chi connectivity index (χ2v) is 4.54. The second-order valence-electron chi connectivity index (χ2n) is 4.54. The third-order valence-electron chi connectivity index (χ3n) is 2.99. The van der Waals surface area contributed by atoms with Gasteiger partial charge in [-0.1, -0.05) is 31.2 Å². The smallest absolute Gasteiger partial charge is 0.124 e. The predicted molar refractivity (Wildman–Crippen MR) is 82.5 cm³/mol. The van der Waals surface area contributed by atoms with E-state index in [0.29, 0.717) is 0 Å². The first-order valence-electron chi connectivity index (χ1n) is 6.92. The number of para-hydroxylation sites is 1. The minimum absolute atomic E-state index is 0.729. The highest BCUT2D eigenvalue weighted by atomic mass is 16.5. The molecule has 0 amide bonds. The fourth-order valence-corrected chi connectivity index (χ4v) is 1.93. The molecule has 0 spiro atoms. The van der Waals surface area contributed by atoms with Crippen LogP contribution in [0.4, 0.5) is 5.69 Å². The molecule has 0 saturated heterocycles. The minimum Gasteiger partial charge on any atom is -0.497 e. The fourth-order valence-electron chi connectivity index (χ4n) is 1.93. The van der Waals surface area contributed by atoms with Gasteiger partial charge in [0, 0.05) is 23.9 Å².